The molecule has 2 N–H and O–H groups in total. The van der Waals surface area contributed by atoms with E-state index in [2.05, 4.69) is 4.99 Å². The second-order valence-electron chi connectivity index (χ2n) is 4.34. The molecule has 0 aromatic carbocycles. The predicted octanol–water partition coefficient (Wildman–Crippen LogP) is 2.35. The van der Waals surface area contributed by atoms with Gasteiger partial charge >= 0.3 is 0 Å². The van der Waals surface area contributed by atoms with Crippen LogP contribution in [0.15, 0.2) is 4.99 Å². The van der Waals surface area contributed by atoms with Gasteiger partial charge in [-0.25, -0.2) is 0 Å². The predicted molar refractivity (Wildman–Crippen MR) is 64.2 cm³/mol. The average Bonchev–Trinajstić information content (AvgIpc) is 2.17. The van der Waals surface area contributed by atoms with Gasteiger partial charge in [0.15, 0.2) is 0 Å². The maximum Gasteiger partial charge on any atom is 0.0969 e. The van der Waals surface area contributed by atoms with Gasteiger partial charge in [-0.1, -0.05) is 32.1 Å². The van der Waals surface area contributed by atoms with Gasteiger partial charge in [0.1, 0.15) is 0 Å². The largest absolute Gasteiger partial charge is 0.387 e. The van der Waals surface area contributed by atoms with Gasteiger partial charge in [-0.2, -0.15) is 0 Å². The molecule has 0 aromatic rings. The highest BCUT2D eigenvalue weighted by Gasteiger charge is 2.14. The Morgan fingerprint density at radius 1 is 1.20 bits per heavy atom. The molecule has 15 heavy (non-hydrogen) atoms. The van der Waals surface area contributed by atoms with Crippen molar-refractivity contribution in [1.82, 2.24) is 0 Å². The normalized spacial score (nSPS) is 21.0. The third-order valence-electron chi connectivity index (χ3n) is 3.11. The van der Waals surface area contributed by atoms with E-state index < -0.39 is 0 Å². The number of amidine groups is 1. The maximum absolute atomic E-state index is 6.00. The van der Waals surface area contributed by atoms with Crippen LogP contribution in [-0.2, 0) is 4.74 Å². The summed E-state index contributed by atoms with van der Waals surface area (Å²) in [6, 6.07) is 0. The minimum atomic E-state index is 0.530. The number of ether oxygens (including phenoxy) is 1. The van der Waals surface area contributed by atoms with Crippen LogP contribution in [0.2, 0.25) is 0 Å². The number of hydrogen-bond acceptors (Lipinski definition) is 2. The Morgan fingerprint density at radius 3 is 2.40 bits per heavy atom. The molecule has 1 aliphatic carbocycles. The smallest absolute Gasteiger partial charge is 0.0969 e. The molecule has 0 radical (unpaired) electrons. The van der Waals surface area contributed by atoms with E-state index in [9.17, 15) is 0 Å². The second kappa shape index (κ2) is 7.69. The molecule has 1 aliphatic rings. The zero-order valence-electron chi connectivity index (χ0n) is 9.87. The summed E-state index contributed by atoms with van der Waals surface area (Å²) in [4.78, 5) is 4.38. The van der Waals surface area contributed by atoms with E-state index in [-0.39, 0.29) is 0 Å². The standard InChI is InChI=1S/C12H24N2O/c1-15-10-9-14-12(13)11-7-5-3-2-4-6-8-11/h11H,2-10H2,1H3,(H2,13,14). The fraction of sp³-hybridized carbons (Fsp3) is 0.917. The van der Waals surface area contributed by atoms with E-state index in [1.165, 1.54) is 44.9 Å². The highest BCUT2D eigenvalue weighted by atomic mass is 16.5. The first-order valence-electron chi connectivity index (χ1n) is 6.13. The zero-order chi connectivity index (χ0) is 10.9. The van der Waals surface area contributed by atoms with Gasteiger partial charge in [-0.3, -0.25) is 4.99 Å². The molecule has 0 aliphatic heterocycles. The van der Waals surface area contributed by atoms with E-state index in [1.807, 2.05) is 0 Å². The van der Waals surface area contributed by atoms with Crippen molar-refractivity contribution in [3.8, 4) is 0 Å². The zero-order valence-corrected chi connectivity index (χ0v) is 9.87. The molecule has 0 heterocycles. The summed E-state index contributed by atoms with van der Waals surface area (Å²) in [5.41, 5.74) is 6.00. The topological polar surface area (TPSA) is 47.6 Å². The summed E-state index contributed by atoms with van der Waals surface area (Å²) in [5.74, 6) is 1.39. The van der Waals surface area contributed by atoms with Crippen LogP contribution in [0.25, 0.3) is 0 Å². The second-order valence-corrected chi connectivity index (χ2v) is 4.34. The van der Waals surface area contributed by atoms with Crippen LogP contribution in [0.4, 0.5) is 0 Å². The molecular weight excluding hydrogens is 188 g/mol. The number of aliphatic imine (C=N–C) groups is 1. The molecule has 88 valence electrons. The average molecular weight is 212 g/mol. The molecule has 1 saturated carbocycles. The highest BCUT2D eigenvalue weighted by Crippen LogP contribution is 2.22. The van der Waals surface area contributed by atoms with Gasteiger partial charge in [0.25, 0.3) is 0 Å². The Hall–Kier alpha value is -0.570. The summed E-state index contributed by atoms with van der Waals surface area (Å²) in [5, 5.41) is 0. The lowest BCUT2D eigenvalue weighted by Gasteiger charge is -2.19. The number of hydrogen-bond donors (Lipinski definition) is 1. The quantitative estimate of drug-likeness (QED) is 0.442. The van der Waals surface area contributed by atoms with Gasteiger partial charge < -0.3 is 10.5 Å². The molecule has 0 bridgehead atoms. The van der Waals surface area contributed by atoms with Gasteiger partial charge in [-0.15, -0.1) is 0 Å². The minimum absolute atomic E-state index is 0.530. The monoisotopic (exact) mass is 212 g/mol. The third kappa shape index (κ3) is 5.17. The maximum atomic E-state index is 6.00. The summed E-state index contributed by atoms with van der Waals surface area (Å²) in [6.45, 7) is 1.38. The number of methoxy groups -OCH3 is 1. The van der Waals surface area contributed by atoms with E-state index in [0.29, 0.717) is 19.1 Å². The molecule has 3 nitrogen and oxygen atoms in total. The van der Waals surface area contributed by atoms with E-state index >= 15 is 0 Å². The van der Waals surface area contributed by atoms with Gasteiger partial charge in [-0.05, 0) is 12.8 Å². The van der Waals surface area contributed by atoms with Crippen molar-refractivity contribution in [2.24, 2.45) is 16.6 Å². The highest BCUT2D eigenvalue weighted by molar-refractivity contribution is 5.82. The fourth-order valence-electron chi connectivity index (χ4n) is 2.15. The first kappa shape index (κ1) is 12.5. The lowest BCUT2D eigenvalue weighted by atomic mass is 9.90. The molecule has 3 heteroatoms. The summed E-state index contributed by atoms with van der Waals surface area (Å²) in [7, 11) is 1.70. The fourth-order valence-corrected chi connectivity index (χ4v) is 2.15. The van der Waals surface area contributed by atoms with Crippen molar-refractivity contribution in [3.63, 3.8) is 0 Å². The SMILES string of the molecule is COCCN=C(N)C1CCCCCCC1. The molecule has 0 spiro atoms. The Bertz CT molecular complexity index is 184. The van der Waals surface area contributed by atoms with Crippen molar-refractivity contribution in [3.05, 3.63) is 0 Å². The van der Waals surface area contributed by atoms with E-state index in [0.717, 1.165) is 5.84 Å². The molecule has 1 rings (SSSR count). The van der Waals surface area contributed by atoms with Crippen LogP contribution in [-0.4, -0.2) is 26.1 Å². The van der Waals surface area contributed by atoms with Crippen LogP contribution < -0.4 is 5.73 Å². The van der Waals surface area contributed by atoms with Crippen LogP contribution in [0.1, 0.15) is 44.9 Å². The van der Waals surface area contributed by atoms with Crippen LogP contribution in [0.5, 0.6) is 0 Å². The molecule has 0 unspecified atom stereocenters. The van der Waals surface area contributed by atoms with Crippen molar-refractivity contribution in [1.29, 1.82) is 0 Å². The van der Waals surface area contributed by atoms with Crippen molar-refractivity contribution in [2.75, 3.05) is 20.3 Å². The Labute approximate surface area is 93.1 Å². The molecular formula is C12H24N2O. The summed E-state index contributed by atoms with van der Waals surface area (Å²) >= 11 is 0. The Kier molecular flexibility index (Phi) is 6.41. The third-order valence-corrected chi connectivity index (χ3v) is 3.11. The van der Waals surface area contributed by atoms with Crippen LogP contribution >= 0.6 is 0 Å². The first-order valence-corrected chi connectivity index (χ1v) is 6.13. The van der Waals surface area contributed by atoms with Gasteiger partial charge in [0.2, 0.25) is 0 Å². The number of nitrogens with zero attached hydrogens (tertiary/aromatic N) is 1. The van der Waals surface area contributed by atoms with Crippen LogP contribution in [0.3, 0.4) is 0 Å². The molecule has 0 saturated heterocycles. The molecule has 0 amide bonds. The molecule has 0 atom stereocenters. The van der Waals surface area contributed by atoms with E-state index in [4.69, 9.17) is 10.5 Å². The Morgan fingerprint density at radius 2 is 1.80 bits per heavy atom. The first-order chi connectivity index (χ1) is 7.34. The van der Waals surface area contributed by atoms with Crippen molar-refractivity contribution < 1.29 is 4.74 Å². The lowest BCUT2D eigenvalue weighted by Crippen LogP contribution is -2.25. The summed E-state index contributed by atoms with van der Waals surface area (Å²) < 4.78 is 4.96. The number of nitrogens with two attached hydrogens (primary N) is 1. The van der Waals surface area contributed by atoms with Crippen LogP contribution in [0, 0.1) is 5.92 Å². The van der Waals surface area contributed by atoms with Crippen molar-refractivity contribution in [2.45, 2.75) is 44.9 Å². The van der Waals surface area contributed by atoms with E-state index in [1.54, 1.807) is 7.11 Å². The summed E-state index contributed by atoms with van der Waals surface area (Å²) in [6.07, 6.45) is 9.19. The van der Waals surface area contributed by atoms with Crippen molar-refractivity contribution >= 4 is 5.84 Å². The lowest BCUT2D eigenvalue weighted by molar-refractivity contribution is 0.208. The number of rotatable bonds is 4. The Balaban J connectivity index is 2.33. The minimum Gasteiger partial charge on any atom is -0.387 e. The van der Waals surface area contributed by atoms with Gasteiger partial charge in [0, 0.05) is 13.0 Å². The van der Waals surface area contributed by atoms with Gasteiger partial charge in [0.05, 0.1) is 19.0 Å². The molecule has 1 fully saturated rings. The molecule has 0 aromatic heterocycles.